The quantitative estimate of drug-likeness (QED) is 0.797. The molecule has 0 heterocycles. The second kappa shape index (κ2) is 6.15. The summed E-state index contributed by atoms with van der Waals surface area (Å²) in [4.78, 5) is 23.6. The van der Waals surface area contributed by atoms with E-state index in [2.05, 4.69) is 12.2 Å². The lowest BCUT2D eigenvalue weighted by molar-refractivity contribution is -0.135. The number of allylic oxidation sites excluding steroid dienone is 1. The molecular weight excluding hydrogens is 282 g/mol. The Kier molecular flexibility index (Phi) is 4.63. The minimum Gasteiger partial charge on any atom is -0.465 e. The molecule has 0 bridgehead atoms. The van der Waals surface area contributed by atoms with E-state index in [1.807, 2.05) is 32.9 Å². The number of carbonyl (C=O) groups is 2. The topological polar surface area (TPSA) is 64.6 Å². The number of amides is 1. The molecule has 2 aliphatic rings. The standard InChI is InChI=1S/C17H25NO4/c1-10-8-12-9-11(15(19)21-5)6-7-13(12)14(10)18-16(20)22-17(2,3)4/h6,9-10,13-14H,7-8H2,1-5H3,(H,18,20)/t10?,13?,14-/m0/s1. The smallest absolute Gasteiger partial charge is 0.407 e. The first-order valence-electron chi connectivity index (χ1n) is 7.69. The molecule has 2 aliphatic carbocycles. The Bertz CT molecular complexity index is 527. The molecule has 5 nitrogen and oxygen atoms in total. The van der Waals surface area contributed by atoms with E-state index >= 15 is 0 Å². The van der Waals surface area contributed by atoms with E-state index in [1.165, 1.54) is 12.7 Å². The molecule has 0 saturated heterocycles. The van der Waals surface area contributed by atoms with Crippen LogP contribution in [0.15, 0.2) is 23.3 Å². The van der Waals surface area contributed by atoms with E-state index in [0.717, 1.165) is 12.8 Å². The maximum Gasteiger partial charge on any atom is 0.407 e. The number of rotatable bonds is 2. The fourth-order valence-electron chi connectivity index (χ4n) is 3.20. The highest BCUT2D eigenvalue weighted by Crippen LogP contribution is 2.41. The predicted molar refractivity (Wildman–Crippen MR) is 83.2 cm³/mol. The van der Waals surface area contributed by atoms with Crippen LogP contribution in [-0.4, -0.2) is 30.8 Å². The number of ether oxygens (including phenoxy) is 2. The first-order chi connectivity index (χ1) is 10.2. The molecule has 2 rings (SSSR count). The fraction of sp³-hybridized carbons (Fsp3) is 0.647. The van der Waals surface area contributed by atoms with Gasteiger partial charge in [0.2, 0.25) is 0 Å². The highest BCUT2D eigenvalue weighted by Gasteiger charge is 2.40. The Balaban J connectivity index is 2.05. The van der Waals surface area contributed by atoms with E-state index in [-0.39, 0.29) is 24.0 Å². The van der Waals surface area contributed by atoms with Gasteiger partial charge in [-0.3, -0.25) is 0 Å². The number of hydrogen-bond acceptors (Lipinski definition) is 4. The van der Waals surface area contributed by atoms with Gasteiger partial charge in [0.05, 0.1) is 12.7 Å². The largest absolute Gasteiger partial charge is 0.465 e. The van der Waals surface area contributed by atoms with E-state index in [9.17, 15) is 9.59 Å². The van der Waals surface area contributed by atoms with E-state index < -0.39 is 5.60 Å². The third kappa shape index (κ3) is 3.70. The molecule has 0 aromatic carbocycles. The van der Waals surface area contributed by atoms with Crippen LogP contribution in [0.25, 0.3) is 0 Å². The summed E-state index contributed by atoms with van der Waals surface area (Å²) in [5.74, 6) is 0.243. The molecule has 0 aromatic rings. The number of esters is 1. The van der Waals surface area contributed by atoms with Crippen molar-refractivity contribution in [2.75, 3.05) is 7.11 Å². The lowest BCUT2D eigenvalue weighted by atomic mass is 9.88. The van der Waals surface area contributed by atoms with Crippen LogP contribution in [0.4, 0.5) is 4.79 Å². The van der Waals surface area contributed by atoms with Crippen molar-refractivity contribution in [2.24, 2.45) is 11.8 Å². The monoisotopic (exact) mass is 307 g/mol. The van der Waals surface area contributed by atoms with Gasteiger partial charge in [-0.15, -0.1) is 0 Å². The van der Waals surface area contributed by atoms with Crippen LogP contribution in [0.5, 0.6) is 0 Å². The lowest BCUT2D eigenvalue weighted by Gasteiger charge is -2.27. The van der Waals surface area contributed by atoms with Crippen LogP contribution >= 0.6 is 0 Å². The van der Waals surface area contributed by atoms with Gasteiger partial charge in [-0.05, 0) is 45.6 Å². The summed E-state index contributed by atoms with van der Waals surface area (Å²) in [5, 5.41) is 2.99. The summed E-state index contributed by atoms with van der Waals surface area (Å²) in [7, 11) is 1.39. The molecule has 1 N–H and O–H groups in total. The molecule has 122 valence electrons. The van der Waals surface area contributed by atoms with Gasteiger partial charge in [0.25, 0.3) is 0 Å². The van der Waals surface area contributed by atoms with E-state index in [4.69, 9.17) is 9.47 Å². The van der Waals surface area contributed by atoms with Gasteiger partial charge in [-0.2, -0.15) is 0 Å². The van der Waals surface area contributed by atoms with Crippen LogP contribution in [0.2, 0.25) is 0 Å². The maximum absolute atomic E-state index is 12.0. The van der Waals surface area contributed by atoms with Gasteiger partial charge in [0, 0.05) is 12.0 Å². The molecule has 1 saturated carbocycles. The Morgan fingerprint density at radius 1 is 1.32 bits per heavy atom. The number of fused-ring (bicyclic) bond motifs is 1. The Labute approximate surface area is 131 Å². The second-order valence-electron chi connectivity index (χ2n) is 7.07. The third-order valence-electron chi connectivity index (χ3n) is 4.12. The molecule has 5 heteroatoms. The molecule has 1 amide bonds. The van der Waals surface area contributed by atoms with Crippen LogP contribution in [-0.2, 0) is 14.3 Å². The van der Waals surface area contributed by atoms with Gasteiger partial charge in [-0.1, -0.05) is 18.6 Å². The first kappa shape index (κ1) is 16.6. The Morgan fingerprint density at radius 3 is 2.59 bits per heavy atom. The first-order valence-corrected chi connectivity index (χ1v) is 7.69. The maximum atomic E-state index is 12.0. The Hall–Kier alpha value is -1.78. The normalized spacial score (nSPS) is 27.4. The van der Waals surface area contributed by atoms with Crippen LogP contribution in [0, 0.1) is 11.8 Å². The molecule has 0 spiro atoms. The van der Waals surface area contributed by atoms with Crippen molar-refractivity contribution < 1.29 is 19.1 Å². The predicted octanol–water partition coefficient (Wildman–Crippen LogP) is 2.97. The fourth-order valence-corrected chi connectivity index (χ4v) is 3.20. The molecule has 0 radical (unpaired) electrons. The molecular formula is C17H25NO4. The highest BCUT2D eigenvalue weighted by atomic mass is 16.6. The van der Waals surface area contributed by atoms with Crippen LogP contribution in [0.1, 0.15) is 40.5 Å². The Morgan fingerprint density at radius 2 is 2.00 bits per heavy atom. The van der Waals surface area contributed by atoms with Crippen molar-refractivity contribution in [1.82, 2.24) is 5.32 Å². The van der Waals surface area contributed by atoms with Crippen molar-refractivity contribution in [2.45, 2.75) is 52.2 Å². The molecule has 2 unspecified atom stereocenters. The second-order valence-corrected chi connectivity index (χ2v) is 7.07. The molecule has 22 heavy (non-hydrogen) atoms. The van der Waals surface area contributed by atoms with Crippen molar-refractivity contribution >= 4 is 12.1 Å². The average Bonchev–Trinajstić information content (AvgIpc) is 2.71. The van der Waals surface area contributed by atoms with Gasteiger partial charge in [0.1, 0.15) is 5.60 Å². The van der Waals surface area contributed by atoms with Crippen molar-refractivity contribution in [3.05, 3.63) is 23.3 Å². The van der Waals surface area contributed by atoms with Crippen LogP contribution in [0.3, 0.4) is 0 Å². The average molecular weight is 307 g/mol. The number of nitrogens with one attached hydrogen (secondary N) is 1. The van der Waals surface area contributed by atoms with Crippen molar-refractivity contribution in [3.8, 4) is 0 Å². The number of carbonyl (C=O) groups excluding carboxylic acids is 2. The number of alkyl carbamates (subject to hydrolysis) is 1. The minimum absolute atomic E-state index is 0.0385. The van der Waals surface area contributed by atoms with Crippen LogP contribution < -0.4 is 5.32 Å². The van der Waals surface area contributed by atoms with Gasteiger partial charge in [0.15, 0.2) is 0 Å². The zero-order valence-electron chi connectivity index (χ0n) is 13.9. The summed E-state index contributed by atoms with van der Waals surface area (Å²) < 4.78 is 10.1. The third-order valence-corrected chi connectivity index (χ3v) is 4.12. The number of methoxy groups -OCH3 is 1. The molecule has 3 atom stereocenters. The zero-order chi connectivity index (χ0) is 16.5. The summed E-state index contributed by atoms with van der Waals surface area (Å²) in [6, 6.07) is 0.0385. The summed E-state index contributed by atoms with van der Waals surface area (Å²) in [5.41, 5.74) is 1.31. The highest BCUT2D eigenvalue weighted by molar-refractivity contribution is 5.92. The van der Waals surface area contributed by atoms with Crippen molar-refractivity contribution in [3.63, 3.8) is 0 Å². The summed E-state index contributed by atoms with van der Waals surface area (Å²) >= 11 is 0. The minimum atomic E-state index is -0.505. The zero-order valence-corrected chi connectivity index (χ0v) is 13.9. The van der Waals surface area contributed by atoms with E-state index in [1.54, 1.807) is 0 Å². The number of hydrogen-bond donors (Lipinski definition) is 1. The lowest BCUT2D eigenvalue weighted by Crippen LogP contribution is -2.43. The van der Waals surface area contributed by atoms with E-state index in [0.29, 0.717) is 11.5 Å². The molecule has 1 fully saturated rings. The van der Waals surface area contributed by atoms with Gasteiger partial charge < -0.3 is 14.8 Å². The molecule has 0 aliphatic heterocycles. The van der Waals surface area contributed by atoms with Gasteiger partial charge in [-0.25, -0.2) is 9.59 Å². The summed E-state index contributed by atoms with van der Waals surface area (Å²) in [6.45, 7) is 7.66. The molecule has 0 aromatic heterocycles. The SMILES string of the molecule is COC(=O)C1=CCC2C(=C1)CC(C)[C@@H]2NC(=O)OC(C)(C)C. The summed E-state index contributed by atoms with van der Waals surface area (Å²) in [6.07, 6.45) is 5.03. The van der Waals surface area contributed by atoms with Crippen molar-refractivity contribution in [1.29, 1.82) is 0 Å². The van der Waals surface area contributed by atoms with Gasteiger partial charge >= 0.3 is 12.1 Å².